The summed E-state index contributed by atoms with van der Waals surface area (Å²) >= 11 is 3.46. The van der Waals surface area contributed by atoms with Crippen molar-refractivity contribution in [2.45, 2.75) is 79.6 Å². The Labute approximate surface area is 276 Å². The summed E-state index contributed by atoms with van der Waals surface area (Å²) in [6.07, 6.45) is 4.89. The Morgan fingerprint density at radius 2 is 0.956 bits per heavy atom. The first-order valence-electron chi connectivity index (χ1n) is 15.6. The molecule has 0 unspecified atom stereocenters. The zero-order valence-corrected chi connectivity index (χ0v) is 28.1. The summed E-state index contributed by atoms with van der Waals surface area (Å²) in [6, 6.07) is 37.5. The number of urea groups is 1. The van der Waals surface area contributed by atoms with Crippen molar-refractivity contribution in [1.29, 1.82) is 0 Å². The van der Waals surface area contributed by atoms with Crippen LogP contribution in [0.15, 0.2) is 119 Å². The van der Waals surface area contributed by atoms with Gasteiger partial charge >= 0.3 is 6.03 Å². The van der Waals surface area contributed by atoms with Crippen LogP contribution in [0.4, 0.5) is 4.79 Å². The van der Waals surface area contributed by atoms with Crippen LogP contribution in [-0.2, 0) is 35.4 Å². The van der Waals surface area contributed by atoms with E-state index in [-0.39, 0.29) is 30.3 Å². The monoisotopic (exact) mass is 638 g/mol. The molecule has 0 aromatic heterocycles. The third-order valence-corrected chi connectivity index (χ3v) is 10.3. The molecule has 7 heteroatoms. The second-order valence-electron chi connectivity index (χ2n) is 12.3. The lowest BCUT2D eigenvalue weighted by atomic mass is 9.91. The van der Waals surface area contributed by atoms with E-state index in [2.05, 4.69) is 95.1 Å². The number of hydrogen-bond acceptors (Lipinski definition) is 5. The van der Waals surface area contributed by atoms with Gasteiger partial charge in [0.25, 0.3) is 0 Å². The normalized spacial score (nSPS) is 22.7. The van der Waals surface area contributed by atoms with E-state index in [1.54, 1.807) is 23.5 Å². The third kappa shape index (κ3) is 7.44. The molecule has 6 rings (SSSR count). The lowest BCUT2D eigenvalue weighted by Crippen LogP contribution is -2.51. The summed E-state index contributed by atoms with van der Waals surface area (Å²) in [4.78, 5) is 21.6. The van der Waals surface area contributed by atoms with Crippen molar-refractivity contribution in [2.24, 2.45) is 0 Å². The van der Waals surface area contributed by atoms with Crippen molar-refractivity contribution in [2.75, 3.05) is 12.5 Å². The lowest BCUT2D eigenvalue weighted by molar-refractivity contribution is -0.157. The van der Waals surface area contributed by atoms with Crippen LogP contribution in [0.25, 0.3) is 0 Å². The highest BCUT2D eigenvalue weighted by Gasteiger charge is 2.55. The maximum atomic E-state index is 15.1. The smallest absolute Gasteiger partial charge is 0.321 e. The molecule has 0 N–H and O–H groups in total. The average molecular weight is 639 g/mol. The van der Waals surface area contributed by atoms with Crippen LogP contribution in [0.5, 0.6) is 0 Å². The molecule has 0 bridgehead atoms. The molecular formula is C38H42N2O3S2. The zero-order valence-electron chi connectivity index (χ0n) is 26.5. The van der Waals surface area contributed by atoms with E-state index in [1.807, 2.05) is 50.2 Å². The summed E-state index contributed by atoms with van der Waals surface area (Å²) in [5.74, 6) is -0.783. The van der Waals surface area contributed by atoms with Crippen molar-refractivity contribution >= 4 is 29.6 Å². The van der Waals surface area contributed by atoms with Gasteiger partial charge in [0, 0.05) is 22.9 Å². The Hall–Kier alpha value is -3.23. The fourth-order valence-electron chi connectivity index (χ4n) is 6.60. The first-order valence-corrected chi connectivity index (χ1v) is 18.0. The fraction of sp³-hybridized carbons (Fsp3) is 0.342. The molecule has 2 aliphatic heterocycles. The summed E-state index contributed by atoms with van der Waals surface area (Å²) < 4.78 is 13.7. The van der Waals surface area contributed by atoms with E-state index < -0.39 is 5.79 Å². The van der Waals surface area contributed by atoms with Gasteiger partial charge in [-0.15, -0.1) is 23.5 Å². The summed E-state index contributed by atoms with van der Waals surface area (Å²) in [6.45, 7) is 4.98. The molecule has 0 aliphatic carbocycles. The SMILES string of the molecule is CSc1ccc(C[C@@H]2[C@@H]3OC(C)(C)O[C@H]3[C@@H](Cc3ccc(SC)cc3)N(Cc3ccccc3)C(=O)N2Cc2ccccc2)cc1. The van der Waals surface area contributed by atoms with Gasteiger partial charge in [0.1, 0.15) is 12.2 Å². The van der Waals surface area contributed by atoms with Crippen molar-refractivity contribution < 1.29 is 14.3 Å². The van der Waals surface area contributed by atoms with Gasteiger partial charge in [-0.3, -0.25) is 0 Å². The fourth-order valence-corrected chi connectivity index (χ4v) is 7.42. The van der Waals surface area contributed by atoms with Crippen LogP contribution in [0, 0.1) is 0 Å². The number of benzene rings is 4. The maximum absolute atomic E-state index is 15.1. The van der Waals surface area contributed by atoms with Gasteiger partial charge in [-0.05, 0) is 85.7 Å². The molecule has 2 saturated heterocycles. The molecule has 45 heavy (non-hydrogen) atoms. The van der Waals surface area contributed by atoms with Gasteiger partial charge in [-0.2, -0.15) is 0 Å². The minimum absolute atomic E-state index is 0.0126. The second kappa shape index (κ2) is 14.0. The number of rotatable bonds is 10. The molecular weight excluding hydrogens is 597 g/mol. The van der Waals surface area contributed by atoms with E-state index in [4.69, 9.17) is 9.47 Å². The quantitative estimate of drug-likeness (QED) is 0.164. The van der Waals surface area contributed by atoms with Gasteiger partial charge in [-0.25, -0.2) is 4.79 Å². The Balaban J connectivity index is 1.46. The van der Waals surface area contributed by atoms with E-state index in [0.29, 0.717) is 25.9 Å². The molecule has 4 aromatic rings. The molecule has 4 atom stereocenters. The molecule has 0 saturated carbocycles. The van der Waals surface area contributed by atoms with Crippen LogP contribution >= 0.6 is 23.5 Å². The van der Waals surface area contributed by atoms with Crippen molar-refractivity contribution in [3.63, 3.8) is 0 Å². The topological polar surface area (TPSA) is 42.0 Å². The molecule has 234 valence electrons. The Morgan fingerprint density at radius 1 is 0.578 bits per heavy atom. The van der Waals surface area contributed by atoms with E-state index >= 15 is 4.79 Å². The van der Waals surface area contributed by atoms with Gasteiger partial charge in [0.05, 0.1) is 12.1 Å². The predicted molar refractivity (Wildman–Crippen MR) is 185 cm³/mol. The van der Waals surface area contributed by atoms with Crippen LogP contribution in [0.1, 0.15) is 36.1 Å². The first kappa shape index (κ1) is 31.7. The average Bonchev–Trinajstić information content (AvgIpc) is 3.37. The van der Waals surface area contributed by atoms with Gasteiger partial charge in [-0.1, -0.05) is 84.9 Å². The summed E-state index contributed by atoms with van der Waals surface area (Å²) in [5.41, 5.74) is 4.54. The Bertz CT molecular complexity index is 1430. The number of carbonyl (C=O) groups excluding carboxylic acids is 1. The number of ether oxygens (including phenoxy) is 2. The molecule has 2 fully saturated rings. The molecule has 2 heterocycles. The number of hydrogen-bond donors (Lipinski definition) is 0. The van der Waals surface area contributed by atoms with Gasteiger partial charge < -0.3 is 19.3 Å². The molecule has 2 aliphatic rings. The molecule has 5 nitrogen and oxygen atoms in total. The minimum Gasteiger partial charge on any atom is -0.342 e. The van der Waals surface area contributed by atoms with Crippen LogP contribution < -0.4 is 0 Å². The minimum atomic E-state index is -0.783. The summed E-state index contributed by atoms with van der Waals surface area (Å²) in [7, 11) is 0. The molecule has 0 radical (unpaired) electrons. The maximum Gasteiger partial charge on any atom is 0.321 e. The van der Waals surface area contributed by atoms with Gasteiger partial charge in [0.2, 0.25) is 0 Å². The van der Waals surface area contributed by atoms with Crippen molar-refractivity contribution in [3.05, 3.63) is 131 Å². The number of amides is 2. The first-order chi connectivity index (χ1) is 21.8. The summed E-state index contributed by atoms with van der Waals surface area (Å²) in [5, 5.41) is 0. The van der Waals surface area contributed by atoms with Crippen molar-refractivity contribution in [1.82, 2.24) is 9.80 Å². The standard InChI is InChI=1S/C38H42N2O3S2/c1-38(2)42-35-33(23-27-15-19-31(44-3)20-16-27)39(25-29-11-7-5-8-12-29)37(41)40(26-30-13-9-6-10-14-30)34(36(35)43-38)24-28-17-21-32(45-4)22-18-28/h5-22,33-36H,23-26H2,1-4H3/t33-,34-,35+,36+/m1/s1. The van der Waals surface area contributed by atoms with E-state index in [9.17, 15) is 0 Å². The molecule has 2 amide bonds. The van der Waals surface area contributed by atoms with E-state index in [1.165, 1.54) is 20.9 Å². The van der Waals surface area contributed by atoms with Crippen molar-refractivity contribution in [3.8, 4) is 0 Å². The highest BCUT2D eigenvalue weighted by atomic mass is 32.2. The largest absolute Gasteiger partial charge is 0.342 e. The van der Waals surface area contributed by atoms with Crippen LogP contribution in [-0.4, -0.2) is 58.4 Å². The number of nitrogens with zero attached hydrogens (tertiary/aromatic N) is 2. The predicted octanol–water partition coefficient (Wildman–Crippen LogP) is 8.31. The van der Waals surface area contributed by atoms with E-state index in [0.717, 1.165) is 11.1 Å². The van der Waals surface area contributed by atoms with Crippen LogP contribution in [0.3, 0.4) is 0 Å². The third-order valence-electron chi connectivity index (χ3n) is 8.81. The highest BCUT2D eigenvalue weighted by molar-refractivity contribution is 7.98. The van der Waals surface area contributed by atoms with Crippen LogP contribution in [0.2, 0.25) is 0 Å². The second-order valence-corrected chi connectivity index (χ2v) is 14.1. The number of carbonyl (C=O) groups is 1. The number of fused-ring (bicyclic) bond motifs is 1. The molecule has 0 spiro atoms. The molecule has 4 aromatic carbocycles. The number of thioether (sulfide) groups is 2. The van der Waals surface area contributed by atoms with Gasteiger partial charge in [0.15, 0.2) is 5.79 Å². The Morgan fingerprint density at radius 3 is 1.31 bits per heavy atom. The zero-order chi connectivity index (χ0) is 31.4. The lowest BCUT2D eigenvalue weighted by Gasteiger charge is -2.37. The Kier molecular flexibility index (Phi) is 9.90. The highest BCUT2D eigenvalue weighted by Crippen LogP contribution is 2.40.